The van der Waals surface area contributed by atoms with Crippen molar-refractivity contribution in [2.24, 2.45) is 0 Å². The molecule has 0 fully saturated rings. The number of methoxy groups -OCH3 is 2. The Morgan fingerprint density at radius 2 is 1.60 bits per heavy atom. The quantitative estimate of drug-likeness (QED) is 0.909. The Balaban J connectivity index is 2.05. The Kier molecular flexibility index (Phi) is 4.60. The van der Waals surface area contributed by atoms with E-state index in [1.54, 1.807) is 32.4 Å². The van der Waals surface area contributed by atoms with Crippen molar-refractivity contribution in [2.45, 2.75) is 6.54 Å². The number of nitrogens with one attached hydrogen (secondary N) is 1. The van der Waals surface area contributed by atoms with E-state index in [-0.39, 0.29) is 5.91 Å². The van der Waals surface area contributed by atoms with Gasteiger partial charge in [0, 0.05) is 18.2 Å². The second-order valence-corrected chi connectivity index (χ2v) is 4.27. The molecule has 0 radical (unpaired) electrons. The summed E-state index contributed by atoms with van der Waals surface area (Å²) in [6.45, 7) is 0.418. The van der Waals surface area contributed by atoms with Crippen molar-refractivity contribution in [3.8, 4) is 11.5 Å². The smallest absolute Gasteiger partial charge is 0.251 e. The van der Waals surface area contributed by atoms with Crippen LogP contribution in [-0.4, -0.2) is 20.1 Å². The van der Waals surface area contributed by atoms with E-state index in [4.69, 9.17) is 9.47 Å². The molecule has 0 saturated heterocycles. The van der Waals surface area contributed by atoms with Crippen LogP contribution in [0.15, 0.2) is 48.5 Å². The molecule has 0 aliphatic carbocycles. The van der Waals surface area contributed by atoms with Gasteiger partial charge in [-0.1, -0.05) is 18.2 Å². The highest BCUT2D eigenvalue weighted by Crippen LogP contribution is 2.22. The normalized spacial score (nSPS) is 9.90. The molecule has 2 rings (SSSR count). The van der Waals surface area contributed by atoms with Crippen LogP contribution >= 0.6 is 0 Å². The summed E-state index contributed by atoms with van der Waals surface area (Å²) in [5.74, 6) is 1.30. The lowest BCUT2D eigenvalue weighted by Gasteiger charge is -2.09. The first-order valence-corrected chi connectivity index (χ1v) is 6.28. The van der Waals surface area contributed by atoms with E-state index >= 15 is 0 Å². The minimum atomic E-state index is -0.104. The van der Waals surface area contributed by atoms with Crippen molar-refractivity contribution in [1.29, 1.82) is 0 Å². The van der Waals surface area contributed by atoms with E-state index in [2.05, 4.69) is 5.32 Å². The first-order chi connectivity index (χ1) is 9.72. The summed E-state index contributed by atoms with van der Waals surface area (Å²) in [5.41, 5.74) is 1.56. The van der Waals surface area contributed by atoms with E-state index in [0.717, 1.165) is 5.56 Å². The fourth-order valence-electron chi connectivity index (χ4n) is 1.84. The van der Waals surface area contributed by atoms with Gasteiger partial charge in [0.2, 0.25) is 0 Å². The van der Waals surface area contributed by atoms with E-state index in [9.17, 15) is 4.79 Å². The van der Waals surface area contributed by atoms with Gasteiger partial charge in [-0.05, 0) is 29.8 Å². The van der Waals surface area contributed by atoms with Crippen LogP contribution in [0.25, 0.3) is 0 Å². The zero-order valence-electron chi connectivity index (χ0n) is 11.6. The standard InChI is InChI=1S/C16H17NO3/c1-19-14-8-12(9-15(10-14)20-2)11-17-16(18)13-6-4-3-5-7-13/h3-10H,11H2,1-2H3,(H,17,18). The van der Waals surface area contributed by atoms with Gasteiger partial charge >= 0.3 is 0 Å². The Bertz CT molecular complexity index is 559. The van der Waals surface area contributed by atoms with E-state index in [1.165, 1.54) is 0 Å². The Morgan fingerprint density at radius 3 is 2.15 bits per heavy atom. The zero-order chi connectivity index (χ0) is 14.4. The zero-order valence-corrected chi connectivity index (χ0v) is 11.6. The van der Waals surface area contributed by atoms with Gasteiger partial charge in [-0.2, -0.15) is 0 Å². The highest BCUT2D eigenvalue weighted by atomic mass is 16.5. The molecular weight excluding hydrogens is 254 g/mol. The molecule has 0 saturated carbocycles. The molecule has 0 bridgehead atoms. The predicted molar refractivity (Wildman–Crippen MR) is 77.2 cm³/mol. The first-order valence-electron chi connectivity index (χ1n) is 6.28. The van der Waals surface area contributed by atoms with Crippen LogP contribution < -0.4 is 14.8 Å². The van der Waals surface area contributed by atoms with E-state index in [1.807, 2.05) is 30.3 Å². The summed E-state index contributed by atoms with van der Waals surface area (Å²) < 4.78 is 10.4. The molecule has 0 aliphatic heterocycles. The molecule has 0 atom stereocenters. The topological polar surface area (TPSA) is 47.6 Å². The minimum Gasteiger partial charge on any atom is -0.497 e. The molecule has 0 heterocycles. The summed E-state index contributed by atoms with van der Waals surface area (Å²) in [5, 5.41) is 2.87. The lowest BCUT2D eigenvalue weighted by Crippen LogP contribution is -2.22. The molecule has 0 aliphatic rings. The molecule has 2 aromatic rings. The van der Waals surface area contributed by atoms with Crippen molar-refractivity contribution in [3.05, 3.63) is 59.7 Å². The number of benzene rings is 2. The summed E-state index contributed by atoms with van der Waals surface area (Å²) in [6, 6.07) is 14.6. The number of rotatable bonds is 5. The highest BCUT2D eigenvalue weighted by molar-refractivity contribution is 5.94. The first kappa shape index (κ1) is 13.9. The summed E-state index contributed by atoms with van der Waals surface area (Å²) in [7, 11) is 3.20. The number of hydrogen-bond donors (Lipinski definition) is 1. The third-order valence-corrected chi connectivity index (χ3v) is 2.90. The van der Waals surface area contributed by atoms with Gasteiger partial charge < -0.3 is 14.8 Å². The molecule has 0 spiro atoms. The SMILES string of the molecule is COc1cc(CNC(=O)c2ccccc2)cc(OC)c1. The Labute approximate surface area is 118 Å². The average Bonchev–Trinajstić information content (AvgIpc) is 2.53. The molecular formula is C16H17NO3. The van der Waals surface area contributed by atoms with Crippen LogP contribution in [0.1, 0.15) is 15.9 Å². The van der Waals surface area contributed by atoms with Gasteiger partial charge in [-0.25, -0.2) is 0 Å². The maximum atomic E-state index is 12.0. The van der Waals surface area contributed by atoms with Crippen LogP contribution in [-0.2, 0) is 6.54 Å². The van der Waals surface area contributed by atoms with Crippen molar-refractivity contribution < 1.29 is 14.3 Å². The number of carbonyl (C=O) groups excluding carboxylic acids is 1. The third-order valence-electron chi connectivity index (χ3n) is 2.90. The van der Waals surface area contributed by atoms with Crippen molar-refractivity contribution in [3.63, 3.8) is 0 Å². The monoisotopic (exact) mass is 271 g/mol. The van der Waals surface area contributed by atoms with Gasteiger partial charge in [0.25, 0.3) is 5.91 Å². The second kappa shape index (κ2) is 6.61. The van der Waals surface area contributed by atoms with Crippen molar-refractivity contribution in [1.82, 2.24) is 5.32 Å². The molecule has 0 unspecified atom stereocenters. The van der Waals surface area contributed by atoms with Gasteiger partial charge in [-0.15, -0.1) is 0 Å². The average molecular weight is 271 g/mol. The molecule has 4 nitrogen and oxygen atoms in total. The Morgan fingerprint density at radius 1 is 1.00 bits per heavy atom. The predicted octanol–water partition coefficient (Wildman–Crippen LogP) is 2.63. The lowest BCUT2D eigenvalue weighted by atomic mass is 10.1. The molecule has 0 aromatic heterocycles. The second-order valence-electron chi connectivity index (χ2n) is 4.27. The van der Waals surface area contributed by atoms with E-state index < -0.39 is 0 Å². The minimum absolute atomic E-state index is 0.104. The fraction of sp³-hybridized carbons (Fsp3) is 0.188. The van der Waals surface area contributed by atoms with Crippen LogP contribution in [0.2, 0.25) is 0 Å². The number of ether oxygens (including phenoxy) is 2. The summed E-state index contributed by atoms with van der Waals surface area (Å²) in [6.07, 6.45) is 0. The Hall–Kier alpha value is -2.49. The lowest BCUT2D eigenvalue weighted by molar-refractivity contribution is 0.0951. The van der Waals surface area contributed by atoms with Gasteiger partial charge in [-0.3, -0.25) is 4.79 Å². The van der Waals surface area contributed by atoms with Gasteiger partial charge in [0.1, 0.15) is 11.5 Å². The maximum absolute atomic E-state index is 12.0. The van der Waals surface area contributed by atoms with Crippen molar-refractivity contribution in [2.75, 3.05) is 14.2 Å². The van der Waals surface area contributed by atoms with Gasteiger partial charge in [0.05, 0.1) is 14.2 Å². The van der Waals surface area contributed by atoms with Crippen LogP contribution in [0.4, 0.5) is 0 Å². The third kappa shape index (κ3) is 3.51. The molecule has 1 N–H and O–H groups in total. The highest BCUT2D eigenvalue weighted by Gasteiger charge is 2.06. The number of amides is 1. The summed E-state index contributed by atoms with van der Waals surface area (Å²) in [4.78, 5) is 12.0. The van der Waals surface area contributed by atoms with Crippen LogP contribution in [0, 0.1) is 0 Å². The number of hydrogen-bond acceptors (Lipinski definition) is 3. The van der Waals surface area contributed by atoms with Crippen LogP contribution in [0.5, 0.6) is 11.5 Å². The van der Waals surface area contributed by atoms with Crippen LogP contribution in [0.3, 0.4) is 0 Å². The molecule has 4 heteroatoms. The van der Waals surface area contributed by atoms with E-state index in [0.29, 0.717) is 23.6 Å². The molecule has 2 aromatic carbocycles. The maximum Gasteiger partial charge on any atom is 0.251 e. The number of carbonyl (C=O) groups is 1. The molecule has 104 valence electrons. The summed E-state index contributed by atoms with van der Waals surface area (Å²) >= 11 is 0. The molecule has 20 heavy (non-hydrogen) atoms. The largest absolute Gasteiger partial charge is 0.497 e. The van der Waals surface area contributed by atoms with Gasteiger partial charge in [0.15, 0.2) is 0 Å². The fourth-order valence-corrected chi connectivity index (χ4v) is 1.84. The van der Waals surface area contributed by atoms with Crippen molar-refractivity contribution >= 4 is 5.91 Å². The molecule has 1 amide bonds.